The molecule has 2 aromatic carbocycles. The standard InChI is InChI=1S/C20H16N4O4S/c25-17(9-21-19(27)12-4-2-1-3-5-12)24-20-23-15(11-29-20)13-6-7-16-14(8-13)22-18(26)10-28-16/h1-8,11H,9-10H2,(H,21,27)(H,22,26)(H,23,24,25). The molecule has 0 saturated carbocycles. The predicted molar refractivity (Wildman–Crippen MR) is 109 cm³/mol. The second-order valence-corrected chi connectivity index (χ2v) is 7.04. The van der Waals surface area contributed by atoms with Gasteiger partial charge in [0.2, 0.25) is 5.91 Å². The van der Waals surface area contributed by atoms with E-state index in [1.165, 1.54) is 11.3 Å². The maximum atomic E-state index is 12.1. The highest BCUT2D eigenvalue weighted by Gasteiger charge is 2.17. The molecule has 0 bridgehead atoms. The summed E-state index contributed by atoms with van der Waals surface area (Å²) >= 11 is 1.27. The van der Waals surface area contributed by atoms with E-state index in [0.29, 0.717) is 27.8 Å². The van der Waals surface area contributed by atoms with Crippen molar-refractivity contribution in [3.63, 3.8) is 0 Å². The SMILES string of the molecule is O=C(CNC(=O)c1ccccc1)Nc1nc(-c2ccc3c(c2)NC(=O)CO3)cs1. The van der Waals surface area contributed by atoms with Gasteiger partial charge < -0.3 is 20.7 Å². The van der Waals surface area contributed by atoms with Gasteiger partial charge in [0, 0.05) is 16.5 Å². The van der Waals surface area contributed by atoms with Crippen molar-refractivity contribution in [1.82, 2.24) is 10.3 Å². The molecule has 0 radical (unpaired) electrons. The van der Waals surface area contributed by atoms with E-state index in [9.17, 15) is 14.4 Å². The van der Waals surface area contributed by atoms with Crippen molar-refractivity contribution in [2.24, 2.45) is 0 Å². The Morgan fingerprint density at radius 2 is 2.00 bits per heavy atom. The summed E-state index contributed by atoms with van der Waals surface area (Å²) in [5.41, 5.74) is 2.51. The largest absolute Gasteiger partial charge is 0.482 e. The summed E-state index contributed by atoms with van der Waals surface area (Å²) in [6.07, 6.45) is 0. The summed E-state index contributed by atoms with van der Waals surface area (Å²) in [5, 5.41) is 10.2. The minimum absolute atomic E-state index is 0.0000379. The van der Waals surface area contributed by atoms with Gasteiger partial charge in [-0.3, -0.25) is 14.4 Å². The topological polar surface area (TPSA) is 109 Å². The summed E-state index contributed by atoms with van der Waals surface area (Å²) in [4.78, 5) is 40.0. The maximum absolute atomic E-state index is 12.1. The van der Waals surface area contributed by atoms with Gasteiger partial charge in [-0.15, -0.1) is 11.3 Å². The molecule has 1 aromatic heterocycles. The van der Waals surface area contributed by atoms with Crippen LogP contribution >= 0.6 is 11.3 Å². The molecule has 4 rings (SSSR count). The average Bonchev–Trinajstić information content (AvgIpc) is 3.20. The van der Waals surface area contributed by atoms with Gasteiger partial charge >= 0.3 is 0 Å². The number of anilines is 2. The average molecular weight is 408 g/mol. The number of nitrogens with one attached hydrogen (secondary N) is 3. The van der Waals surface area contributed by atoms with E-state index in [1.54, 1.807) is 41.8 Å². The normalized spacial score (nSPS) is 12.3. The molecule has 3 N–H and O–H groups in total. The van der Waals surface area contributed by atoms with Crippen LogP contribution in [0.5, 0.6) is 5.75 Å². The molecule has 0 saturated heterocycles. The molecule has 0 aliphatic carbocycles. The second kappa shape index (κ2) is 8.11. The molecule has 2 heterocycles. The molecule has 0 fully saturated rings. The lowest BCUT2D eigenvalue weighted by molar-refractivity contribution is -0.118. The number of aromatic nitrogens is 1. The van der Waals surface area contributed by atoms with Crippen LogP contribution in [0.15, 0.2) is 53.9 Å². The van der Waals surface area contributed by atoms with Crippen LogP contribution in [-0.2, 0) is 9.59 Å². The van der Waals surface area contributed by atoms with Gasteiger partial charge in [-0.2, -0.15) is 0 Å². The third-order valence-corrected chi connectivity index (χ3v) is 4.86. The van der Waals surface area contributed by atoms with Crippen LogP contribution in [0.25, 0.3) is 11.3 Å². The first-order valence-electron chi connectivity index (χ1n) is 8.74. The lowest BCUT2D eigenvalue weighted by Crippen LogP contribution is -2.32. The number of benzene rings is 2. The number of hydrogen-bond acceptors (Lipinski definition) is 6. The Bertz CT molecular complexity index is 1080. The number of hydrogen-bond donors (Lipinski definition) is 3. The highest BCUT2D eigenvalue weighted by atomic mass is 32.1. The van der Waals surface area contributed by atoms with Crippen molar-refractivity contribution in [3.8, 4) is 17.0 Å². The van der Waals surface area contributed by atoms with Crippen molar-refractivity contribution in [2.45, 2.75) is 0 Å². The summed E-state index contributed by atoms with van der Waals surface area (Å²) in [6.45, 7) is -0.162. The Hall–Kier alpha value is -3.72. The summed E-state index contributed by atoms with van der Waals surface area (Å²) in [7, 11) is 0. The Morgan fingerprint density at radius 3 is 2.83 bits per heavy atom. The van der Waals surface area contributed by atoms with E-state index in [4.69, 9.17) is 4.74 Å². The predicted octanol–water partition coefficient (Wildman–Crippen LogP) is 2.51. The number of carbonyl (C=O) groups is 3. The zero-order valence-corrected chi connectivity index (χ0v) is 15.9. The Labute approximate surface area is 169 Å². The fourth-order valence-corrected chi connectivity index (χ4v) is 3.46. The molecule has 1 aliphatic heterocycles. The monoisotopic (exact) mass is 408 g/mol. The molecule has 3 aromatic rings. The molecular formula is C20H16N4O4S. The molecule has 3 amide bonds. The first-order chi connectivity index (χ1) is 14.1. The van der Waals surface area contributed by atoms with Gasteiger partial charge in [-0.05, 0) is 30.3 Å². The quantitative estimate of drug-likeness (QED) is 0.601. The summed E-state index contributed by atoms with van der Waals surface area (Å²) in [5.74, 6) is -0.301. The van der Waals surface area contributed by atoms with Crippen LogP contribution < -0.4 is 20.7 Å². The fraction of sp³-hybridized carbons (Fsp3) is 0.100. The lowest BCUT2D eigenvalue weighted by atomic mass is 10.1. The zero-order chi connectivity index (χ0) is 20.2. The first kappa shape index (κ1) is 18.6. The Balaban J connectivity index is 1.37. The van der Waals surface area contributed by atoms with E-state index >= 15 is 0 Å². The van der Waals surface area contributed by atoms with Crippen molar-refractivity contribution < 1.29 is 19.1 Å². The fourth-order valence-electron chi connectivity index (χ4n) is 2.72. The lowest BCUT2D eigenvalue weighted by Gasteiger charge is -2.18. The maximum Gasteiger partial charge on any atom is 0.262 e. The van der Waals surface area contributed by atoms with E-state index in [0.717, 1.165) is 5.56 Å². The van der Waals surface area contributed by atoms with Crippen LogP contribution in [0.3, 0.4) is 0 Å². The molecule has 0 atom stereocenters. The summed E-state index contributed by atoms with van der Waals surface area (Å²) < 4.78 is 5.34. The molecular weight excluding hydrogens is 392 g/mol. The minimum atomic E-state index is -0.374. The molecule has 1 aliphatic rings. The second-order valence-electron chi connectivity index (χ2n) is 6.18. The third kappa shape index (κ3) is 4.41. The van der Waals surface area contributed by atoms with Crippen molar-refractivity contribution >= 4 is 39.9 Å². The Kier molecular flexibility index (Phi) is 5.21. The number of nitrogens with zero attached hydrogens (tertiary/aromatic N) is 1. The van der Waals surface area contributed by atoms with Crippen molar-refractivity contribution in [1.29, 1.82) is 0 Å². The van der Waals surface area contributed by atoms with E-state index in [-0.39, 0.29) is 30.9 Å². The highest BCUT2D eigenvalue weighted by Crippen LogP contribution is 2.33. The molecule has 9 heteroatoms. The molecule has 0 spiro atoms. The van der Waals surface area contributed by atoms with Gasteiger partial charge in [0.25, 0.3) is 11.8 Å². The number of ether oxygens (including phenoxy) is 1. The van der Waals surface area contributed by atoms with Crippen LogP contribution in [0, 0.1) is 0 Å². The molecule has 8 nitrogen and oxygen atoms in total. The number of amides is 3. The highest BCUT2D eigenvalue weighted by molar-refractivity contribution is 7.14. The number of carbonyl (C=O) groups excluding carboxylic acids is 3. The van der Waals surface area contributed by atoms with E-state index in [1.807, 2.05) is 12.1 Å². The molecule has 146 valence electrons. The number of fused-ring (bicyclic) bond motifs is 1. The van der Waals surface area contributed by atoms with Gasteiger partial charge in [-0.25, -0.2) is 4.98 Å². The first-order valence-corrected chi connectivity index (χ1v) is 9.62. The van der Waals surface area contributed by atoms with Gasteiger partial charge in [-0.1, -0.05) is 18.2 Å². The van der Waals surface area contributed by atoms with Crippen LogP contribution in [0.2, 0.25) is 0 Å². The minimum Gasteiger partial charge on any atom is -0.482 e. The van der Waals surface area contributed by atoms with Crippen LogP contribution in [0.4, 0.5) is 10.8 Å². The van der Waals surface area contributed by atoms with Crippen molar-refractivity contribution in [3.05, 3.63) is 59.5 Å². The summed E-state index contributed by atoms with van der Waals surface area (Å²) in [6, 6.07) is 14.0. The van der Waals surface area contributed by atoms with Crippen LogP contribution in [0.1, 0.15) is 10.4 Å². The van der Waals surface area contributed by atoms with Crippen molar-refractivity contribution in [2.75, 3.05) is 23.8 Å². The van der Waals surface area contributed by atoms with Gasteiger partial charge in [0.05, 0.1) is 17.9 Å². The third-order valence-electron chi connectivity index (χ3n) is 4.10. The van der Waals surface area contributed by atoms with Gasteiger partial charge in [0.1, 0.15) is 5.75 Å². The zero-order valence-electron chi connectivity index (χ0n) is 15.1. The Morgan fingerprint density at radius 1 is 1.17 bits per heavy atom. The van der Waals surface area contributed by atoms with Gasteiger partial charge in [0.15, 0.2) is 11.7 Å². The van der Waals surface area contributed by atoms with Crippen LogP contribution in [-0.4, -0.2) is 35.9 Å². The smallest absolute Gasteiger partial charge is 0.262 e. The van der Waals surface area contributed by atoms with E-state index < -0.39 is 0 Å². The molecule has 0 unspecified atom stereocenters. The number of rotatable bonds is 5. The van der Waals surface area contributed by atoms with E-state index in [2.05, 4.69) is 20.9 Å². The molecule has 29 heavy (non-hydrogen) atoms. The number of thiazole rings is 1.